The van der Waals surface area contributed by atoms with E-state index in [4.69, 9.17) is 5.73 Å². The summed E-state index contributed by atoms with van der Waals surface area (Å²) >= 11 is 0. The molecule has 1 aromatic heterocycles. The van der Waals surface area contributed by atoms with Crippen molar-refractivity contribution in [3.05, 3.63) is 46.4 Å². The van der Waals surface area contributed by atoms with E-state index >= 15 is 0 Å². The molecule has 1 aliphatic rings. The molecule has 30 heavy (non-hydrogen) atoms. The van der Waals surface area contributed by atoms with Gasteiger partial charge in [-0.25, -0.2) is 9.97 Å². The Morgan fingerprint density at radius 2 is 2.17 bits per heavy atom. The number of nitro groups is 1. The number of amides is 1. The lowest BCUT2D eigenvalue weighted by Gasteiger charge is -2.19. The molecule has 2 aromatic rings. The zero-order valence-corrected chi connectivity index (χ0v) is 17.7. The van der Waals surface area contributed by atoms with Gasteiger partial charge in [0, 0.05) is 62.0 Å². The number of hydrogen-bond donors (Lipinski definition) is 3. The number of carbonyl (C=O) groups is 1. The lowest BCUT2D eigenvalue weighted by molar-refractivity contribution is -0.383. The van der Waals surface area contributed by atoms with Crippen LogP contribution in [0.4, 0.5) is 22.9 Å². The molecule has 1 fully saturated rings. The molecule has 1 amide bonds. The lowest BCUT2D eigenvalue weighted by atomic mass is 10.1. The number of hydrogen-bond acceptors (Lipinski definition) is 8. The van der Waals surface area contributed by atoms with Gasteiger partial charge in [-0.3, -0.25) is 14.9 Å². The van der Waals surface area contributed by atoms with E-state index in [2.05, 4.69) is 25.5 Å². The molecule has 0 radical (unpaired) electrons. The van der Waals surface area contributed by atoms with E-state index in [-0.39, 0.29) is 41.8 Å². The Morgan fingerprint density at radius 3 is 2.87 bits per heavy atom. The maximum atomic E-state index is 11.2. The van der Waals surface area contributed by atoms with E-state index in [0.717, 1.165) is 31.0 Å². The molecule has 162 valence electrons. The molecule has 10 nitrogen and oxygen atoms in total. The number of nitrogen functional groups attached to an aromatic ring is 1. The normalized spacial score (nSPS) is 16.5. The Kier molecular flexibility index (Phi) is 7.76. The molecule has 0 saturated carbocycles. The summed E-state index contributed by atoms with van der Waals surface area (Å²) in [6.45, 7) is 5.05. The van der Waals surface area contributed by atoms with E-state index in [1.165, 1.54) is 25.4 Å². The van der Waals surface area contributed by atoms with Crippen LogP contribution in [0.25, 0.3) is 0 Å². The smallest absolute Gasteiger partial charge is 0.294 e. The van der Waals surface area contributed by atoms with Crippen LogP contribution in [-0.4, -0.2) is 46.0 Å². The highest BCUT2D eigenvalue weighted by Gasteiger charge is 2.24. The van der Waals surface area contributed by atoms with Crippen LogP contribution in [0.3, 0.4) is 0 Å². The zero-order chi connectivity index (χ0) is 21.0. The fourth-order valence-electron chi connectivity index (χ4n) is 3.48. The third-order valence-electron chi connectivity index (χ3n) is 4.78. The molecular weight excluding hydrogens is 410 g/mol. The second kappa shape index (κ2) is 10.1. The van der Waals surface area contributed by atoms with E-state index in [9.17, 15) is 14.9 Å². The minimum Gasteiger partial charge on any atom is -0.393 e. The van der Waals surface area contributed by atoms with Crippen LogP contribution in [0.5, 0.6) is 0 Å². The second-order valence-electron chi connectivity index (χ2n) is 7.28. The number of halogens is 1. The van der Waals surface area contributed by atoms with E-state index in [1.54, 1.807) is 6.07 Å². The van der Waals surface area contributed by atoms with Gasteiger partial charge in [0.2, 0.25) is 5.91 Å². The maximum absolute atomic E-state index is 11.2. The van der Waals surface area contributed by atoms with Gasteiger partial charge in [0.25, 0.3) is 5.69 Å². The Balaban J connectivity index is 0.00000320. The molecule has 0 spiro atoms. The number of aromatic nitrogens is 2. The third-order valence-corrected chi connectivity index (χ3v) is 4.78. The molecular formula is C19H26ClN7O3. The van der Waals surface area contributed by atoms with Gasteiger partial charge in [0.15, 0.2) is 0 Å². The van der Waals surface area contributed by atoms with Crippen LogP contribution in [0, 0.1) is 10.1 Å². The number of nitrogens with zero attached hydrogens (tertiary/aromatic N) is 4. The van der Waals surface area contributed by atoms with Gasteiger partial charge < -0.3 is 21.3 Å². The van der Waals surface area contributed by atoms with Crippen molar-refractivity contribution in [3.8, 4) is 0 Å². The van der Waals surface area contributed by atoms with Crippen molar-refractivity contribution < 1.29 is 9.72 Å². The van der Waals surface area contributed by atoms with Crippen molar-refractivity contribution >= 4 is 41.2 Å². The second-order valence-corrected chi connectivity index (χ2v) is 7.28. The van der Waals surface area contributed by atoms with Gasteiger partial charge in [0.05, 0.1) is 4.92 Å². The molecule has 1 aromatic carbocycles. The molecule has 0 bridgehead atoms. The van der Waals surface area contributed by atoms with Crippen LogP contribution in [-0.2, 0) is 11.2 Å². The average molecular weight is 436 g/mol. The van der Waals surface area contributed by atoms with Crippen molar-refractivity contribution in [2.75, 3.05) is 29.0 Å². The minimum atomic E-state index is -0.494. The minimum absolute atomic E-state index is 0. The van der Waals surface area contributed by atoms with Crippen molar-refractivity contribution in [1.29, 1.82) is 0 Å². The SMILES string of the molecule is CC(=O)NC1CCN(c2cc(CC(C)Nc3ccc(N)c([N+](=O)[O-])c3)ncn2)C1.Cl. The molecule has 1 saturated heterocycles. The number of anilines is 3. The predicted octanol–water partition coefficient (Wildman–Crippen LogP) is 2.15. The van der Waals surface area contributed by atoms with Crippen molar-refractivity contribution in [3.63, 3.8) is 0 Å². The highest BCUT2D eigenvalue weighted by molar-refractivity contribution is 5.85. The maximum Gasteiger partial charge on any atom is 0.294 e. The Bertz CT molecular complexity index is 911. The van der Waals surface area contributed by atoms with Gasteiger partial charge in [-0.15, -0.1) is 12.4 Å². The first-order chi connectivity index (χ1) is 13.8. The molecule has 2 unspecified atom stereocenters. The predicted molar refractivity (Wildman–Crippen MR) is 118 cm³/mol. The molecule has 2 heterocycles. The van der Waals surface area contributed by atoms with Gasteiger partial charge >= 0.3 is 0 Å². The van der Waals surface area contributed by atoms with Crippen LogP contribution in [0.2, 0.25) is 0 Å². The van der Waals surface area contributed by atoms with E-state index in [1.807, 2.05) is 13.0 Å². The van der Waals surface area contributed by atoms with Crippen LogP contribution < -0.4 is 21.3 Å². The molecule has 3 rings (SSSR count). The first-order valence-corrected chi connectivity index (χ1v) is 9.45. The zero-order valence-electron chi connectivity index (χ0n) is 16.9. The largest absolute Gasteiger partial charge is 0.393 e. The van der Waals surface area contributed by atoms with Gasteiger partial charge in [-0.05, 0) is 25.5 Å². The summed E-state index contributed by atoms with van der Waals surface area (Å²) in [6, 6.07) is 6.74. The van der Waals surface area contributed by atoms with Gasteiger partial charge in [-0.2, -0.15) is 0 Å². The monoisotopic (exact) mass is 435 g/mol. The lowest BCUT2D eigenvalue weighted by Crippen LogP contribution is -2.35. The van der Waals surface area contributed by atoms with Crippen LogP contribution in [0.15, 0.2) is 30.6 Å². The highest BCUT2D eigenvalue weighted by atomic mass is 35.5. The summed E-state index contributed by atoms with van der Waals surface area (Å²) in [6.07, 6.45) is 3.04. The summed E-state index contributed by atoms with van der Waals surface area (Å²) in [4.78, 5) is 32.6. The van der Waals surface area contributed by atoms with Gasteiger partial charge in [0.1, 0.15) is 17.8 Å². The third kappa shape index (κ3) is 5.93. The van der Waals surface area contributed by atoms with Gasteiger partial charge in [-0.1, -0.05) is 0 Å². The summed E-state index contributed by atoms with van der Waals surface area (Å²) in [5, 5.41) is 17.2. The molecule has 11 heteroatoms. The summed E-state index contributed by atoms with van der Waals surface area (Å²) in [5.41, 5.74) is 7.16. The summed E-state index contributed by atoms with van der Waals surface area (Å²) in [5.74, 6) is 0.807. The van der Waals surface area contributed by atoms with E-state index < -0.39 is 4.92 Å². The summed E-state index contributed by atoms with van der Waals surface area (Å²) in [7, 11) is 0. The summed E-state index contributed by atoms with van der Waals surface area (Å²) < 4.78 is 0. The first-order valence-electron chi connectivity index (χ1n) is 9.45. The Morgan fingerprint density at radius 1 is 1.40 bits per heavy atom. The van der Waals surface area contributed by atoms with Crippen molar-refractivity contribution in [2.45, 2.75) is 38.8 Å². The molecule has 1 aliphatic heterocycles. The number of nitrogens with two attached hydrogens (primary N) is 1. The van der Waals surface area contributed by atoms with Crippen molar-refractivity contribution in [2.24, 2.45) is 0 Å². The number of nitrogens with one attached hydrogen (secondary N) is 2. The molecule has 0 aliphatic carbocycles. The van der Waals surface area contributed by atoms with E-state index in [0.29, 0.717) is 12.1 Å². The fraction of sp³-hybridized carbons (Fsp3) is 0.421. The quantitative estimate of drug-likeness (QED) is 0.341. The number of nitro benzene ring substituents is 1. The first kappa shape index (κ1) is 23.1. The number of benzene rings is 1. The Labute approximate surface area is 180 Å². The number of carbonyl (C=O) groups excluding carboxylic acids is 1. The van der Waals surface area contributed by atoms with Crippen LogP contribution >= 0.6 is 12.4 Å². The van der Waals surface area contributed by atoms with Crippen LogP contribution in [0.1, 0.15) is 26.0 Å². The molecule has 2 atom stereocenters. The Hall–Kier alpha value is -3.14. The highest BCUT2D eigenvalue weighted by Crippen LogP contribution is 2.26. The fourth-order valence-corrected chi connectivity index (χ4v) is 3.48. The number of rotatable bonds is 7. The average Bonchev–Trinajstić information content (AvgIpc) is 3.11. The molecule has 4 N–H and O–H groups in total. The topological polar surface area (TPSA) is 139 Å². The standard InChI is InChI=1S/C19H25N7O3.ClH/c1-12(23-14-3-4-17(20)18(8-14)26(28)29)7-16-9-19(22-11-21-16)25-6-5-15(10-25)24-13(2)27;/h3-4,8-9,11-12,15,23H,5-7,10,20H2,1-2H3,(H,24,27);1H. The van der Waals surface area contributed by atoms with Crippen molar-refractivity contribution in [1.82, 2.24) is 15.3 Å².